The summed E-state index contributed by atoms with van der Waals surface area (Å²) in [5.41, 5.74) is 2.86. The molecule has 1 aliphatic rings. The molecule has 0 radical (unpaired) electrons. The summed E-state index contributed by atoms with van der Waals surface area (Å²) in [6, 6.07) is 14.7. The van der Waals surface area contributed by atoms with E-state index in [-0.39, 0.29) is 11.6 Å². The summed E-state index contributed by atoms with van der Waals surface area (Å²) in [5, 5.41) is 10.9. The summed E-state index contributed by atoms with van der Waals surface area (Å²) in [6.45, 7) is 0. The Morgan fingerprint density at radius 3 is 2.66 bits per heavy atom. The van der Waals surface area contributed by atoms with Crippen molar-refractivity contribution in [3.05, 3.63) is 62.9 Å². The number of methoxy groups -OCH3 is 2. The second kappa shape index (κ2) is 7.65. The van der Waals surface area contributed by atoms with E-state index >= 15 is 0 Å². The standard InChI is InChI=1S/C21H16N2O4S2/c1-26-16-10-6-5-9-15(16)23-19(24)17(29-21(23)28)11-13-12-7-3-4-8-14(12)22-18(13)20(25)27-2/h3-11,24H,1-2H3. The van der Waals surface area contributed by atoms with E-state index in [0.717, 1.165) is 5.56 Å². The van der Waals surface area contributed by atoms with Crippen molar-refractivity contribution in [2.75, 3.05) is 14.2 Å². The molecule has 2 aromatic carbocycles. The molecule has 4 rings (SSSR count). The van der Waals surface area contributed by atoms with Crippen LogP contribution in [0.4, 0.5) is 5.69 Å². The van der Waals surface area contributed by atoms with Gasteiger partial charge in [0.25, 0.3) is 0 Å². The van der Waals surface area contributed by atoms with E-state index in [4.69, 9.17) is 21.7 Å². The van der Waals surface area contributed by atoms with E-state index in [0.29, 0.717) is 31.5 Å². The molecule has 0 amide bonds. The van der Waals surface area contributed by atoms with Gasteiger partial charge in [0.05, 0.1) is 30.5 Å². The molecule has 1 N–H and O–H groups in total. The number of hydrogen-bond donors (Lipinski definition) is 1. The fourth-order valence-corrected chi connectivity index (χ4v) is 4.42. The van der Waals surface area contributed by atoms with Crippen molar-refractivity contribution in [2.24, 2.45) is 4.99 Å². The average Bonchev–Trinajstić information content (AvgIpc) is 3.24. The molecule has 1 aromatic heterocycles. The van der Waals surface area contributed by atoms with Crippen molar-refractivity contribution >= 4 is 52.6 Å². The van der Waals surface area contributed by atoms with E-state index in [1.165, 1.54) is 18.4 Å². The van der Waals surface area contributed by atoms with Crippen molar-refractivity contribution in [3.8, 4) is 17.3 Å². The van der Waals surface area contributed by atoms with Gasteiger partial charge in [0, 0.05) is 11.1 Å². The molecule has 29 heavy (non-hydrogen) atoms. The number of carbonyl (C=O) groups excluding carboxylic acids is 1. The van der Waals surface area contributed by atoms with Gasteiger partial charge in [-0.05, 0) is 36.5 Å². The second-order valence-electron chi connectivity index (χ2n) is 6.09. The largest absolute Gasteiger partial charge is 0.495 e. The van der Waals surface area contributed by atoms with E-state index in [9.17, 15) is 9.90 Å². The van der Waals surface area contributed by atoms with Crippen molar-refractivity contribution in [1.29, 1.82) is 0 Å². The molecule has 146 valence electrons. The highest BCUT2D eigenvalue weighted by molar-refractivity contribution is 7.73. The zero-order chi connectivity index (χ0) is 20.5. The topological polar surface area (TPSA) is 73.0 Å². The zero-order valence-corrected chi connectivity index (χ0v) is 17.2. The van der Waals surface area contributed by atoms with Gasteiger partial charge in [-0.1, -0.05) is 30.3 Å². The van der Waals surface area contributed by atoms with E-state index in [2.05, 4.69) is 4.99 Å². The summed E-state index contributed by atoms with van der Waals surface area (Å²) in [5.74, 6) is 0.00391. The smallest absolute Gasteiger partial charge is 0.357 e. The number of ether oxygens (including phenoxy) is 2. The summed E-state index contributed by atoms with van der Waals surface area (Å²) in [7, 11) is 2.87. The number of aromatic nitrogens is 1. The Morgan fingerprint density at radius 1 is 1.17 bits per heavy atom. The minimum atomic E-state index is -0.542. The first-order valence-electron chi connectivity index (χ1n) is 8.61. The van der Waals surface area contributed by atoms with Crippen LogP contribution in [0.5, 0.6) is 11.6 Å². The number of aliphatic imine (C=N–C) groups is 1. The fourth-order valence-electron chi connectivity index (χ4n) is 3.14. The predicted octanol–water partition coefficient (Wildman–Crippen LogP) is 4.78. The van der Waals surface area contributed by atoms with Crippen LogP contribution in [0.2, 0.25) is 0 Å². The van der Waals surface area contributed by atoms with Crippen LogP contribution in [0.15, 0.2) is 53.5 Å². The molecule has 0 spiro atoms. The summed E-state index contributed by atoms with van der Waals surface area (Å²) < 4.78 is 12.3. The van der Waals surface area contributed by atoms with Gasteiger partial charge in [-0.25, -0.2) is 9.79 Å². The third-order valence-electron chi connectivity index (χ3n) is 4.47. The molecule has 0 atom stereocenters. The summed E-state index contributed by atoms with van der Waals surface area (Å²) in [6.07, 6.45) is 1.71. The Balaban J connectivity index is 1.88. The molecule has 3 aromatic rings. The SMILES string of the molecule is COC(=O)C1=Nc2ccccc2C1=Cc1sc(=S)n(-c2ccccc2OC)c1O. The van der Waals surface area contributed by atoms with E-state index < -0.39 is 5.97 Å². The van der Waals surface area contributed by atoms with Crippen LogP contribution in [0.1, 0.15) is 10.4 Å². The summed E-state index contributed by atoms with van der Waals surface area (Å²) in [4.78, 5) is 17.1. The lowest BCUT2D eigenvalue weighted by atomic mass is 10.0. The van der Waals surface area contributed by atoms with Crippen LogP contribution in [-0.2, 0) is 9.53 Å². The Hall–Kier alpha value is -3.23. The first kappa shape index (κ1) is 19.1. The third-order valence-corrected chi connectivity index (χ3v) is 5.78. The second-order valence-corrected chi connectivity index (χ2v) is 7.77. The van der Waals surface area contributed by atoms with Gasteiger partial charge in [-0.3, -0.25) is 4.57 Å². The number of aromatic hydroxyl groups is 1. The minimum Gasteiger partial charge on any atom is -0.495 e. The molecule has 6 nitrogen and oxygen atoms in total. The molecule has 0 aliphatic carbocycles. The molecular formula is C21H16N2O4S2. The van der Waals surface area contributed by atoms with Crippen LogP contribution in [0, 0.1) is 3.95 Å². The Labute approximate surface area is 176 Å². The fraction of sp³-hybridized carbons (Fsp3) is 0.0952. The maximum atomic E-state index is 12.3. The van der Waals surface area contributed by atoms with E-state index in [1.807, 2.05) is 42.5 Å². The van der Waals surface area contributed by atoms with Crippen molar-refractivity contribution in [3.63, 3.8) is 0 Å². The number of carbonyl (C=O) groups is 1. The number of para-hydroxylation sites is 3. The van der Waals surface area contributed by atoms with Gasteiger partial charge < -0.3 is 14.6 Å². The quantitative estimate of drug-likeness (QED) is 0.482. The number of esters is 1. The maximum Gasteiger partial charge on any atom is 0.357 e. The predicted molar refractivity (Wildman–Crippen MR) is 116 cm³/mol. The molecule has 0 saturated carbocycles. The number of rotatable bonds is 4. The van der Waals surface area contributed by atoms with E-state index in [1.54, 1.807) is 23.8 Å². The molecule has 0 unspecified atom stereocenters. The van der Waals surface area contributed by atoms with Gasteiger partial charge in [0.2, 0.25) is 5.88 Å². The molecule has 1 aliphatic heterocycles. The lowest BCUT2D eigenvalue weighted by Gasteiger charge is -2.10. The Bertz CT molecular complexity index is 1240. The number of fused-ring (bicyclic) bond motifs is 1. The first-order chi connectivity index (χ1) is 14.0. The van der Waals surface area contributed by atoms with Gasteiger partial charge in [-0.15, -0.1) is 11.3 Å². The van der Waals surface area contributed by atoms with Crippen LogP contribution >= 0.6 is 23.6 Å². The molecule has 8 heteroatoms. The van der Waals surface area contributed by atoms with Crippen LogP contribution in [0.3, 0.4) is 0 Å². The average molecular weight is 425 g/mol. The number of thiazole rings is 1. The zero-order valence-electron chi connectivity index (χ0n) is 15.6. The molecule has 0 bridgehead atoms. The Morgan fingerprint density at radius 2 is 1.90 bits per heavy atom. The van der Waals surface area contributed by atoms with Crippen LogP contribution in [0.25, 0.3) is 17.3 Å². The molecule has 0 saturated heterocycles. The third kappa shape index (κ3) is 3.26. The lowest BCUT2D eigenvalue weighted by Crippen LogP contribution is -2.14. The molecule has 0 fully saturated rings. The highest BCUT2D eigenvalue weighted by atomic mass is 32.1. The van der Waals surface area contributed by atoms with Gasteiger partial charge in [0.15, 0.2) is 9.67 Å². The molecular weight excluding hydrogens is 408 g/mol. The maximum absolute atomic E-state index is 12.3. The number of hydrogen-bond acceptors (Lipinski definition) is 7. The first-order valence-corrected chi connectivity index (χ1v) is 9.84. The highest BCUT2D eigenvalue weighted by Gasteiger charge is 2.28. The van der Waals surface area contributed by atoms with Gasteiger partial charge >= 0.3 is 5.97 Å². The molecule has 2 heterocycles. The summed E-state index contributed by atoms with van der Waals surface area (Å²) >= 11 is 6.71. The van der Waals surface area contributed by atoms with Crippen LogP contribution < -0.4 is 4.74 Å². The van der Waals surface area contributed by atoms with Crippen molar-refractivity contribution < 1.29 is 19.4 Å². The van der Waals surface area contributed by atoms with Crippen molar-refractivity contribution in [2.45, 2.75) is 0 Å². The monoisotopic (exact) mass is 424 g/mol. The van der Waals surface area contributed by atoms with Crippen LogP contribution in [-0.4, -0.2) is 35.6 Å². The lowest BCUT2D eigenvalue weighted by molar-refractivity contribution is -0.132. The van der Waals surface area contributed by atoms with Gasteiger partial charge in [-0.2, -0.15) is 0 Å². The number of nitrogens with zero attached hydrogens (tertiary/aromatic N) is 2. The normalized spacial score (nSPS) is 13.9. The minimum absolute atomic E-state index is 0.0365. The van der Waals surface area contributed by atoms with Gasteiger partial charge in [0.1, 0.15) is 5.75 Å². The Kier molecular flexibility index (Phi) is 5.04. The van der Waals surface area contributed by atoms with Crippen molar-refractivity contribution in [1.82, 2.24) is 4.57 Å². The highest BCUT2D eigenvalue weighted by Crippen LogP contribution is 2.40. The number of benzene rings is 2.